The Kier molecular flexibility index (Phi) is 5.48. The summed E-state index contributed by atoms with van der Waals surface area (Å²) in [7, 11) is 3.74. The summed E-state index contributed by atoms with van der Waals surface area (Å²) in [6.45, 7) is 1.28. The van der Waals surface area contributed by atoms with Crippen LogP contribution >= 0.6 is 0 Å². The van der Waals surface area contributed by atoms with Crippen LogP contribution in [0, 0.1) is 0 Å². The Bertz CT molecular complexity index is 679. The van der Waals surface area contributed by atoms with Gasteiger partial charge >= 0.3 is 0 Å². The second-order valence-electron chi connectivity index (χ2n) is 6.60. The molecule has 2 heterocycles. The van der Waals surface area contributed by atoms with Crippen molar-refractivity contribution in [1.29, 1.82) is 0 Å². The van der Waals surface area contributed by atoms with Crippen molar-refractivity contribution in [2.45, 2.75) is 38.1 Å². The summed E-state index contributed by atoms with van der Waals surface area (Å²) in [6, 6.07) is 2.45. The number of aromatic amines is 1. The molecule has 0 unspecified atom stereocenters. The van der Waals surface area contributed by atoms with Gasteiger partial charge in [-0.05, 0) is 26.0 Å². The van der Waals surface area contributed by atoms with Crippen molar-refractivity contribution in [2.24, 2.45) is 0 Å². The zero-order valence-electron chi connectivity index (χ0n) is 14.5. The quantitative estimate of drug-likeness (QED) is 0.624. The number of hydrogen-bond donors (Lipinski definition) is 1. The van der Waals surface area contributed by atoms with Crippen molar-refractivity contribution in [3.05, 3.63) is 24.0 Å². The van der Waals surface area contributed by atoms with Gasteiger partial charge in [0.05, 0.1) is 24.7 Å². The first-order valence-corrected chi connectivity index (χ1v) is 8.60. The van der Waals surface area contributed by atoms with Crippen LogP contribution in [0.2, 0.25) is 0 Å². The molecule has 0 bridgehead atoms. The molecule has 130 valence electrons. The molecule has 6 heteroatoms. The van der Waals surface area contributed by atoms with Crippen LogP contribution in [0.1, 0.15) is 42.5 Å². The molecule has 1 fully saturated rings. The van der Waals surface area contributed by atoms with Crippen molar-refractivity contribution >= 4 is 23.0 Å². The van der Waals surface area contributed by atoms with Crippen LogP contribution in [-0.2, 0) is 4.74 Å². The highest BCUT2D eigenvalue weighted by Gasteiger charge is 2.26. The number of ether oxygens (including phenoxy) is 1. The number of carbonyl (C=O) groups is 1. The molecular weight excluding hydrogens is 304 g/mol. The van der Waals surface area contributed by atoms with E-state index in [1.165, 1.54) is 19.3 Å². The van der Waals surface area contributed by atoms with Crippen molar-refractivity contribution in [1.82, 2.24) is 14.9 Å². The van der Waals surface area contributed by atoms with Crippen LogP contribution < -0.4 is 4.90 Å². The molecule has 0 aliphatic heterocycles. The molecule has 0 radical (unpaired) electrons. The Balaban J connectivity index is 2.03. The first kappa shape index (κ1) is 16.9. The Labute approximate surface area is 142 Å². The van der Waals surface area contributed by atoms with Gasteiger partial charge in [-0.25, -0.2) is 4.98 Å². The van der Waals surface area contributed by atoms with Gasteiger partial charge < -0.3 is 14.6 Å². The molecular formula is C18H26N4O2. The number of pyridine rings is 1. The number of H-pyrrole nitrogens is 1. The molecule has 0 spiro atoms. The van der Waals surface area contributed by atoms with E-state index in [9.17, 15) is 4.79 Å². The van der Waals surface area contributed by atoms with Crippen molar-refractivity contribution in [3.8, 4) is 0 Å². The van der Waals surface area contributed by atoms with Gasteiger partial charge in [-0.1, -0.05) is 19.3 Å². The lowest BCUT2D eigenvalue weighted by Crippen LogP contribution is -2.44. The smallest absolute Gasteiger partial charge is 0.153 e. The van der Waals surface area contributed by atoms with Crippen molar-refractivity contribution in [3.63, 3.8) is 0 Å². The van der Waals surface area contributed by atoms with Gasteiger partial charge in [0, 0.05) is 30.9 Å². The molecule has 0 atom stereocenters. The zero-order chi connectivity index (χ0) is 16.9. The predicted molar refractivity (Wildman–Crippen MR) is 95.3 cm³/mol. The average molecular weight is 330 g/mol. The van der Waals surface area contributed by atoms with Crippen LogP contribution in [0.5, 0.6) is 0 Å². The lowest BCUT2D eigenvalue weighted by atomic mass is 9.93. The molecule has 2 aromatic rings. The fourth-order valence-electron chi connectivity index (χ4n) is 3.70. The molecule has 24 heavy (non-hydrogen) atoms. The average Bonchev–Trinajstić information content (AvgIpc) is 3.08. The molecule has 3 rings (SSSR count). The lowest BCUT2D eigenvalue weighted by Gasteiger charge is -2.39. The molecule has 6 nitrogen and oxygen atoms in total. The van der Waals surface area contributed by atoms with Gasteiger partial charge in [0.1, 0.15) is 5.65 Å². The van der Waals surface area contributed by atoms with Gasteiger partial charge in [-0.15, -0.1) is 0 Å². The minimum atomic E-state index is 0.442. The van der Waals surface area contributed by atoms with E-state index in [1.807, 2.05) is 19.3 Å². The molecule has 0 aromatic carbocycles. The number of aldehydes is 1. The summed E-state index contributed by atoms with van der Waals surface area (Å²) >= 11 is 0. The van der Waals surface area contributed by atoms with E-state index >= 15 is 0 Å². The summed E-state index contributed by atoms with van der Waals surface area (Å²) in [5, 5.41) is 1.01. The maximum Gasteiger partial charge on any atom is 0.153 e. The van der Waals surface area contributed by atoms with Crippen LogP contribution in [0.3, 0.4) is 0 Å². The number of methoxy groups -OCH3 is 1. The van der Waals surface area contributed by atoms with Gasteiger partial charge in [0.2, 0.25) is 0 Å². The predicted octanol–water partition coefficient (Wildman–Crippen LogP) is 3.01. The van der Waals surface area contributed by atoms with E-state index in [0.29, 0.717) is 18.3 Å². The number of fused-ring (bicyclic) bond motifs is 1. The lowest BCUT2D eigenvalue weighted by molar-refractivity contribution is 0.0795. The van der Waals surface area contributed by atoms with Gasteiger partial charge in [-0.3, -0.25) is 9.69 Å². The molecule has 1 saturated carbocycles. The Morgan fingerprint density at radius 1 is 1.38 bits per heavy atom. The highest BCUT2D eigenvalue weighted by atomic mass is 16.5. The first-order chi connectivity index (χ1) is 11.7. The summed E-state index contributed by atoms with van der Waals surface area (Å²) in [4.78, 5) is 23.7. The van der Waals surface area contributed by atoms with E-state index < -0.39 is 0 Å². The second-order valence-corrected chi connectivity index (χ2v) is 6.60. The highest BCUT2D eigenvalue weighted by Crippen LogP contribution is 2.34. The van der Waals surface area contributed by atoms with E-state index in [1.54, 1.807) is 13.3 Å². The maximum absolute atomic E-state index is 11.7. The van der Waals surface area contributed by atoms with Crippen LogP contribution in [0.4, 0.5) is 5.69 Å². The maximum atomic E-state index is 11.7. The number of aromatic nitrogens is 2. The summed E-state index contributed by atoms with van der Waals surface area (Å²) in [6.07, 6.45) is 10.6. The molecule has 1 aliphatic carbocycles. The number of nitrogens with zero attached hydrogens (tertiary/aromatic N) is 3. The van der Waals surface area contributed by atoms with Crippen LogP contribution in [0.25, 0.3) is 11.0 Å². The highest BCUT2D eigenvalue weighted by molar-refractivity contribution is 5.99. The normalized spacial score (nSPS) is 16.0. The Morgan fingerprint density at radius 2 is 2.17 bits per heavy atom. The minimum absolute atomic E-state index is 0.442. The zero-order valence-corrected chi connectivity index (χ0v) is 14.5. The van der Waals surface area contributed by atoms with E-state index in [0.717, 1.165) is 42.5 Å². The fourth-order valence-corrected chi connectivity index (χ4v) is 3.70. The molecule has 2 aromatic heterocycles. The Hall–Kier alpha value is -1.92. The molecule has 0 saturated heterocycles. The largest absolute Gasteiger partial charge is 0.369 e. The summed E-state index contributed by atoms with van der Waals surface area (Å²) in [5.74, 6) is 0. The second kappa shape index (κ2) is 7.77. The van der Waals surface area contributed by atoms with Gasteiger partial charge in [-0.2, -0.15) is 0 Å². The third kappa shape index (κ3) is 3.44. The topological polar surface area (TPSA) is 61.5 Å². The molecule has 1 N–H and O–H groups in total. The molecule has 0 amide bonds. The van der Waals surface area contributed by atoms with Crippen molar-refractivity contribution in [2.75, 3.05) is 32.5 Å². The van der Waals surface area contributed by atoms with Crippen molar-refractivity contribution < 1.29 is 9.53 Å². The third-order valence-electron chi connectivity index (χ3n) is 4.76. The van der Waals surface area contributed by atoms with E-state index in [4.69, 9.17) is 4.74 Å². The van der Waals surface area contributed by atoms with E-state index in [-0.39, 0.29) is 0 Å². The van der Waals surface area contributed by atoms with Gasteiger partial charge in [0.15, 0.2) is 6.29 Å². The van der Waals surface area contributed by atoms with Crippen LogP contribution in [-0.4, -0.2) is 54.8 Å². The fraction of sp³-hybridized carbons (Fsp3) is 0.556. The number of nitrogens with one attached hydrogen (secondary N) is 1. The summed E-state index contributed by atoms with van der Waals surface area (Å²) in [5.41, 5.74) is 2.47. The number of rotatable bonds is 7. The SMILES string of the molecule is COCN(C)CN(c1c(C=O)cnc2[nH]ccc12)C1CCCCC1. The number of anilines is 1. The minimum Gasteiger partial charge on any atom is -0.369 e. The first-order valence-electron chi connectivity index (χ1n) is 8.60. The third-order valence-corrected chi connectivity index (χ3v) is 4.76. The number of hydrogen-bond acceptors (Lipinski definition) is 5. The molecule has 1 aliphatic rings. The van der Waals surface area contributed by atoms with Crippen LogP contribution in [0.15, 0.2) is 18.5 Å². The Morgan fingerprint density at radius 3 is 2.88 bits per heavy atom. The number of carbonyl (C=O) groups excluding carboxylic acids is 1. The van der Waals surface area contributed by atoms with E-state index in [2.05, 4.69) is 19.8 Å². The van der Waals surface area contributed by atoms with Gasteiger partial charge in [0.25, 0.3) is 0 Å². The summed E-state index contributed by atoms with van der Waals surface area (Å²) < 4.78 is 5.27. The monoisotopic (exact) mass is 330 g/mol. The standard InChI is InChI=1S/C18H26N4O2/c1-21(13-24-2)12-22(15-6-4-3-5-7-15)17-14(11-23)10-20-18-16(17)8-9-19-18/h8-11,15H,3-7,12-13H2,1-2H3,(H,19,20).